The Bertz CT molecular complexity index is 534. The topological polar surface area (TPSA) is 47.0 Å². The monoisotopic (exact) mass is 277 g/mol. The van der Waals surface area contributed by atoms with Gasteiger partial charge in [-0.15, -0.1) is 11.6 Å². The quantitative estimate of drug-likeness (QED) is 0.824. The Kier molecular flexibility index (Phi) is 4.98. The van der Waals surface area contributed by atoms with Crippen LogP contribution in [0.5, 0.6) is 5.88 Å². The van der Waals surface area contributed by atoms with Crippen LogP contribution in [0.4, 0.5) is 5.82 Å². The second-order valence-electron chi connectivity index (χ2n) is 3.98. The molecule has 0 saturated heterocycles. The van der Waals surface area contributed by atoms with Crippen molar-refractivity contribution in [3.8, 4) is 5.88 Å². The second-order valence-corrected chi connectivity index (χ2v) is 4.25. The maximum atomic E-state index is 5.81. The molecule has 1 N–H and O–H groups in total. The van der Waals surface area contributed by atoms with Gasteiger partial charge in [0.15, 0.2) is 0 Å². The number of aromatic nitrogens is 2. The van der Waals surface area contributed by atoms with E-state index in [4.69, 9.17) is 16.3 Å². The van der Waals surface area contributed by atoms with Crippen LogP contribution in [0.15, 0.2) is 36.7 Å². The van der Waals surface area contributed by atoms with Crippen molar-refractivity contribution < 1.29 is 4.74 Å². The van der Waals surface area contributed by atoms with Gasteiger partial charge in [0.25, 0.3) is 0 Å². The first-order chi connectivity index (χ1) is 9.31. The molecule has 5 heteroatoms. The van der Waals surface area contributed by atoms with Crippen LogP contribution in [0.25, 0.3) is 0 Å². The van der Waals surface area contributed by atoms with E-state index < -0.39 is 0 Å². The predicted molar refractivity (Wildman–Crippen MR) is 76.5 cm³/mol. The van der Waals surface area contributed by atoms with Crippen LogP contribution in [0.1, 0.15) is 18.1 Å². The number of hydrogen-bond donors (Lipinski definition) is 1. The molecular weight excluding hydrogens is 262 g/mol. The number of ether oxygens (including phenoxy) is 1. The number of alkyl halides is 1. The maximum Gasteiger partial charge on any atom is 0.234 e. The van der Waals surface area contributed by atoms with Gasteiger partial charge in [-0.3, -0.25) is 4.98 Å². The Hall–Kier alpha value is -1.81. The lowest BCUT2D eigenvalue weighted by Crippen LogP contribution is -2.04. The third-order valence-electron chi connectivity index (χ3n) is 2.52. The molecule has 1 aromatic heterocycles. The lowest BCUT2D eigenvalue weighted by Gasteiger charge is -2.08. The number of anilines is 1. The molecule has 0 spiro atoms. The third-order valence-corrected chi connectivity index (χ3v) is 2.83. The average Bonchev–Trinajstić information content (AvgIpc) is 2.46. The molecule has 0 atom stereocenters. The lowest BCUT2D eigenvalue weighted by atomic mass is 10.1. The van der Waals surface area contributed by atoms with E-state index in [-0.39, 0.29) is 0 Å². The standard InChI is InChI=1S/C14H16ClN3O/c1-2-19-14-10-16-9-13(18-14)17-8-12-5-3-4-11(6-12)7-15/h3-6,9-10H,2,7-8H2,1H3,(H,17,18). The van der Waals surface area contributed by atoms with Gasteiger partial charge in [-0.1, -0.05) is 24.3 Å². The molecule has 100 valence electrons. The maximum absolute atomic E-state index is 5.81. The molecule has 0 radical (unpaired) electrons. The number of benzene rings is 1. The molecule has 4 nitrogen and oxygen atoms in total. The molecule has 0 amide bonds. The van der Waals surface area contributed by atoms with Gasteiger partial charge in [0, 0.05) is 12.4 Å². The molecule has 0 saturated carbocycles. The molecule has 0 bridgehead atoms. The number of nitrogens with one attached hydrogen (secondary N) is 1. The van der Waals surface area contributed by atoms with Crippen LogP contribution < -0.4 is 10.1 Å². The Morgan fingerprint density at radius 1 is 1.26 bits per heavy atom. The molecule has 1 aromatic carbocycles. The normalized spacial score (nSPS) is 10.2. The van der Waals surface area contributed by atoms with E-state index in [1.54, 1.807) is 12.4 Å². The zero-order valence-corrected chi connectivity index (χ0v) is 11.5. The minimum absolute atomic E-state index is 0.521. The summed E-state index contributed by atoms with van der Waals surface area (Å²) in [5.74, 6) is 1.75. The van der Waals surface area contributed by atoms with Crippen molar-refractivity contribution in [2.75, 3.05) is 11.9 Å². The first-order valence-electron chi connectivity index (χ1n) is 6.14. The fraction of sp³-hybridized carbons (Fsp3) is 0.286. The Morgan fingerprint density at radius 3 is 2.89 bits per heavy atom. The largest absolute Gasteiger partial charge is 0.477 e. The number of halogens is 1. The van der Waals surface area contributed by atoms with Gasteiger partial charge in [0.05, 0.1) is 19.0 Å². The summed E-state index contributed by atoms with van der Waals surface area (Å²) in [6.07, 6.45) is 3.27. The van der Waals surface area contributed by atoms with Crippen LogP contribution >= 0.6 is 11.6 Å². The van der Waals surface area contributed by atoms with Crippen molar-refractivity contribution in [1.29, 1.82) is 0 Å². The van der Waals surface area contributed by atoms with E-state index in [0.717, 1.165) is 11.1 Å². The van der Waals surface area contributed by atoms with Gasteiger partial charge in [-0.25, -0.2) is 0 Å². The predicted octanol–water partition coefficient (Wildman–Crippen LogP) is 3.23. The zero-order chi connectivity index (χ0) is 13.5. The minimum Gasteiger partial charge on any atom is -0.477 e. The summed E-state index contributed by atoms with van der Waals surface area (Å²) in [6, 6.07) is 8.12. The molecule has 0 aliphatic rings. The molecule has 0 unspecified atom stereocenters. The van der Waals surface area contributed by atoms with E-state index in [2.05, 4.69) is 21.4 Å². The Balaban J connectivity index is 1.99. The number of nitrogens with zero attached hydrogens (tertiary/aromatic N) is 2. The highest BCUT2D eigenvalue weighted by atomic mass is 35.5. The van der Waals surface area contributed by atoms with Gasteiger partial charge in [0.2, 0.25) is 5.88 Å². The molecule has 1 heterocycles. The average molecular weight is 278 g/mol. The van der Waals surface area contributed by atoms with Crippen molar-refractivity contribution in [3.05, 3.63) is 47.8 Å². The van der Waals surface area contributed by atoms with E-state index in [9.17, 15) is 0 Å². The van der Waals surface area contributed by atoms with Crippen molar-refractivity contribution in [1.82, 2.24) is 9.97 Å². The van der Waals surface area contributed by atoms with Crippen LogP contribution in [-0.2, 0) is 12.4 Å². The van der Waals surface area contributed by atoms with Gasteiger partial charge >= 0.3 is 0 Å². The smallest absolute Gasteiger partial charge is 0.234 e. The molecule has 2 aromatic rings. The van der Waals surface area contributed by atoms with Gasteiger partial charge in [-0.2, -0.15) is 4.98 Å². The van der Waals surface area contributed by atoms with Crippen molar-refractivity contribution >= 4 is 17.4 Å². The van der Waals surface area contributed by atoms with E-state index in [1.807, 2.05) is 25.1 Å². The fourth-order valence-corrected chi connectivity index (χ4v) is 1.83. The van der Waals surface area contributed by atoms with Crippen LogP contribution in [0, 0.1) is 0 Å². The summed E-state index contributed by atoms with van der Waals surface area (Å²) in [5.41, 5.74) is 2.26. The highest BCUT2D eigenvalue weighted by molar-refractivity contribution is 6.17. The number of rotatable bonds is 6. The van der Waals surface area contributed by atoms with Gasteiger partial charge in [0.1, 0.15) is 5.82 Å². The molecule has 0 fully saturated rings. The van der Waals surface area contributed by atoms with Crippen molar-refractivity contribution in [2.24, 2.45) is 0 Å². The van der Waals surface area contributed by atoms with Crippen LogP contribution in [0.2, 0.25) is 0 Å². The first-order valence-corrected chi connectivity index (χ1v) is 6.67. The van der Waals surface area contributed by atoms with E-state index in [1.165, 1.54) is 0 Å². The highest BCUT2D eigenvalue weighted by Gasteiger charge is 2.00. The Labute approximate surface area is 117 Å². The van der Waals surface area contributed by atoms with E-state index >= 15 is 0 Å². The fourth-order valence-electron chi connectivity index (χ4n) is 1.67. The zero-order valence-electron chi connectivity index (χ0n) is 10.8. The SMILES string of the molecule is CCOc1cncc(NCc2cccc(CCl)c2)n1. The van der Waals surface area contributed by atoms with Crippen LogP contribution in [-0.4, -0.2) is 16.6 Å². The molecule has 0 aliphatic heterocycles. The summed E-state index contributed by atoms with van der Waals surface area (Å²) in [4.78, 5) is 8.38. The first kappa shape index (κ1) is 13.6. The van der Waals surface area contributed by atoms with E-state index in [0.29, 0.717) is 30.7 Å². The number of hydrogen-bond acceptors (Lipinski definition) is 4. The van der Waals surface area contributed by atoms with Crippen molar-refractivity contribution in [3.63, 3.8) is 0 Å². The molecule has 19 heavy (non-hydrogen) atoms. The summed E-state index contributed by atoms with van der Waals surface area (Å²) >= 11 is 5.81. The lowest BCUT2D eigenvalue weighted by molar-refractivity contribution is 0.325. The molecule has 2 rings (SSSR count). The summed E-state index contributed by atoms with van der Waals surface area (Å²) in [5, 5.41) is 3.21. The molecule has 0 aliphatic carbocycles. The molecular formula is C14H16ClN3O. The van der Waals surface area contributed by atoms with Gasteiger partial charge < -0.3 is 10.1 Å². The summed E-state index contributed by atoms with van der Waals surface area (Å²) in [6.45, 7) is 3.17. The highest BCUT2D eigenvalue weighted by Crippen LogP contribution is 2.12. The minimum atomic E-state index is 0.521. The summed E-state index contributed by atoms with van der Waals surface area (Å²) in [7, 11) is 0. The summed E-state index contributed by atoms with van der Waals surface area (Å²) < 4.78 is 5.30. The van der Waals surface area contributed by atoms with Crippen LogP contribution in [0.3, 0.4) is 0 Å². The third kappa shape index (κ3) is 4.10. The van der Waals surface area contributed by atoms with Gasteiger partial charge in [-0.05, 0) is 18.1 Å². The second kappa shape index (κ2) is 6.95. The van der Waals surface area contributed by atoms with Crippen molar-refractivity contribution in [2.45, 2.75) is 19.3 Å². The Morgan fingerprint density at radius 2 is 2.11 bits per heavy atom.